The third kappa shape index (κ3) is 3.02. The highest BCUT2D eigenvalue weighted by Gasteiger charge is 2.01. The van der Waals surface area contributed by atoms with Crippen LogP contribution in [0.25, 0.3) is 0 Å². The van der Waals surface area contributed by atoms with Crippen molar-refractivity contribution in [2.75, 3.05) is 17.7 Å². The van der Waals surface area contributed by atoms with Crippen LogP contribution in [0.1, 0.15) is 0 Å². The SMILES string of the molecule is O=C(NCCCl)Nc1nncs1. The molecule has 0 aromatic carbocycles. The quantitative estimate of drug-likeness (QED) is 0.723. The van der Waals surface area contributed by atoms with Gasteiger partial charge in [-0.25, -0.2) is 4.79 Å². The number of anilines is 1. The van der Waals surface area contributed by atoms with Crippen molar-refractivity contribution in [1.29, 1.82) is 0 Å². The lowest BCUT2D eigenvalue weighted by Gasteiger charge is -2.00. The van der Waals surface area contributed by atoms with Crippen LogP contribution in [-0.4, -0.2) is 28.7 Å². The van der Waals surface area contributed by atoms with Gasteiger partial charge in [0.05, 0.1) is 0 Å². The van der Waals surface area contributed by atoms with Crippen LogP contribution in [0.5, 0.6) is 0 Å². The fraction of sp³-hybridized carbons (Fsp3) is 0.400. The van der Waals surface area contributed by atoms with E-state index in [4.69, 9.17) is 11.6 Å². The molecule has 0 unspecified atom stereocenters. The molecule has 12 heavy (non-hydrogen) atoms. The monoisotopic (exact) mass is 206 g/mol. The standard InChI is InChI=1S/C5H7ClN4OS/c6-1-2-7-4(11)9-5-10-8-3-12-5/h3H,1-2H2,(H2,7,9,10,11). The number of nitrogens with one attached hydrogen (secondary N) is 2. The molecule has 0 bridgehead atoms. The second kappa shape index (κ2) is 4.89. The van der Waals surface area contributed by atoms with Crippen LogP contribution in [0, 0.1) is 0 Å². The van der Waals surface area contributed by atoms with E-state index in [0.717, 1.165) is 0 Å². The number of urea groups is 1. The van der Waals surface area contributed by atoms with Crippen molar-refractivity contribution in [2.45, 2.75) is 0 Å². The average Bonchev–Trinajstić information content (AvgIpc) is 2.53. The van der Waals surface area contributed by atoms with Crippen LogP contribution in [0.15, 0.2) is 5.51 Å². The summed E-state index contributed by atoms with van der Waals surface area (Å²) in [7, 11) is 0. The Balaban J connectivity index is 2.27. The molecule has 0 saturated heterocycles. The fourth-order valence-corrected chi connectivity index (χ4v) is 1.06. The molecule has 7 heteroatoms. The Kier molecular flexibility index (Phi) is 3.75. The van der Waals surface area contributed by atoms with Crippen LogP contribution >= 0.6 is 22.9 Å². The molecule has 1 aromatic rings. The summed E-state index contributed by atoms with van der Waals surface area (Å²) in [6.45, 7) is 0.437. The molecule has 2 N–H and O–H groups in total. The Labute approximate surface area is 78.1 Å². The average molecular weight is 207 g/mol. The third-order valence-corrected chi connectivity index (χ3v) is 1.76. The molecule has 2 amide bonds. The summed E-state index contributed by atoms with van der Waals surface area (Å²) in [5, 5.41) is 12.7. The van der Waals surface area contributed by atoms with Gasteiger partial charge in [0.25, 0.3) is 0 Å². The van der Waals surface area contributed by atoms with E-state index in [1.807, 2.05) is 0 Å². The number of alkyl halides is 1. The first kappa shape index (κ1) is 9.21. The number of hydrogen-bond acceptors (Lipinski definition) is 4. The number of carbonyl (C=O) groups excluding carboxylic acids is 1. The summed E-state index contributed by atoms with van der Waals surface area (Å²) in [6.07, 6.45) is 0. The molecule has 1 rings (SSSR count). The van der Waals surface area contributed by atoms with Crippen molar-refractivity contribution in [1.82, 2.24) is 15.5 Å². The molecule has 0 aliphatic rings. The molecule has 0 atom stereocenters. The third-order valence-electron chi connectivity index (χ3n) is 0.961. The summed E-state index contributed by atoms with van der Waals surface area (Å²) in [5.74, 6) is 0.392. The highest BCUT2D eigenvalue weighted by Crippen LogP contribution is 2.06. The molecule has 1 heterocycles. The molecule has 0 radical (unpaired) electrons. The zero-order valence-electron chi connectivity index (χ0n) is 6.08. The van der Waals surface area contributed by atoms with Crippen molar-refractivity contribution in [3.8, 4) is 0 Å². The second-order valence-corrected chi connectivity index (χ2v) is 3.02. The van der Waals surface area contributed by atoms with Gasteiger partial charge in [-0.15, -0.1) is 21.8 Å². The van der Waals surface area contributed by atoms with E-state index in [2.05, 4.69) is 20.8 Å². The van der Waals surface area contributed by atoms with Crippen LogP contribution < -0.4 is 10.6 Å². The number of hydrogen-bond donors (Lipinski definition) is 2. The van der Waals surface area contributed by atoms with Gasteiger partial charge in [-0.3, -0.25) is 5.32 Å². The predicted octanol–water partition coefficient (Wildman–Crippen LogP) is 0.898. The minimum atomic E-state index is -0.313. The van der Waals surface area contributed by atoms with E-state index in [1.165, 1.54) is 16.8 Å². The molecular formula is C5H7ClN4OS. The summed E-state index contributed by atoms with van der Waals surface area (Å²) < 4.78 is 0. The van der Waals surface area contributed by atoms with Crippen LogP contribution in [0.2, 0.25) is 0 Å². The highest BCUT2D eigenvalue weighted by atomic mass is 35.5. The van der Waals surface area contributed by atoms with Gasteiger partial charge in [-0.2, -0.15) is 0 Å². The number of amides is 2. The molecule has 1 aromatic heterocycles. The van der Waals surface area contributed by atoms with Crippen LogP contribution in [0.4, 0.5) is 9.93 Å². The number of rotatable bonds is 3. The Bertz CT molecular complexity index is 240. The second-order valence-electron chi connectivity index (χ2n) is 1.81. The van der Waals surface area contributed by atoms with Gasteiger partial charge in [-0.05, 0) is 0 Å². The van der Waals surface area contributed by atoms with Crippen molar-refractivity contribution in [2.24, 2.45) is 0 Å². The van der Waals surface area contributed by atoms with E-state index < -0.39 is 0 Å². The van der Waals surface area contributed by atoms with E-state index in [-0.39, 0.29) is 6.03 Å². The van der Waals surface area contributed by atoms with E-state index >= 15 is 0 Å². The van der Waals surface area contributed by atoms with Crippen molar-refractivity contribution < 1.29 is 4.79 Å². The lowest BCUT2D eigenvalue weighted by atomic mass is 10.7. The maximum Gasteiger partial charge on any atom is 0.321 e. The van der Waals surface area contributed by atoms with Gasteiger partial charge in [-0.1, -0.05) is 11.3 Å². The first-order chi connectivity index (χ1) is 5.83. The number of aromatic nitrogens is 2. The summed E-state index contributed by atoms with van der Waals surface area (Å²) in [4.78, 5) is 10.9. The van der Waals surface area contributed by atoms with Gasteiger partial charge < -0.3 is 5.32 Å². The predicted molar refractivity (Wildman–Crippen MR) is 47.7 cm³/mol. The van der Waals surface area contributed by atoms with E-state index in [1.54, 1.807) is 0 Å². The summed E-state index contributed by atoms with van der Waals surface area (Å²) >= 11 is 6.62. The molecule has 0 spiro atoms. The molecule has 0 fully saturated rings. The first-order valence-electron chi connectivity index (χ1n) is 3.20. The zero-order chi connectivity index (χ0) is 8.81. The lowest BCUT2D eigenvalue weighted by Crippen LogP contribution is -2.30. The van der Waals surface area contributed by atoms with Gasteiger partial charge in [0.15, 0.2) is 0 Å². The molecule has 5 nitrogen and oxygen atoms in total. The maximum absolute atomic E-state index is 10.9. The fourth-order valence-electron chi connectivity index (χ4n) is 0.530. The van der Waals surface area contributed by atoms with Gasteiger partial charge >= 0.3 is 6.03 Å². The summed E-state index contributed by atoms with van der Waals surface area (Å²) in [5.41, 5.74) is 1.54. The Morgan fingerprint density at radius 2 is 2.58 bits per heavy atom. The van der Waals surface area contributed by atoms with Crippen LogP contribution in [0.3, 0.4) is 0 Å². The number of carbonyl (C=O) groups is 1. The molecule has 0 saturated carbocycles. The Hall–Kier alpha value is -0.880. The Morgan fingerprint density at radius 3 is 3.17 bits per heavy atom. The zero-order valence-corrected chi connectivity index (χ0v) is 7.65. The van der Waals surface area contributed by atoms with E-state index in [0.29, 0.717) is 17.6 Å². The van der Waals surface area contributed by atoms with Crippen molar-refractivity contribution >= 4 is 34.1 Å². The topological polar surface area (TPSA) is 66.9 Å². The van der Waals surface area contributed by atoms with Gasteiger partial charge in [0.2, 0.25) is 5.13 Å². The molecule has 0 aliphatic heterocycles. The van der Waals surface area contributed by atoms with Gasteiger partial charge in [0, 0.05) is 12.4 Å². The Morgan fingerprint density at radius 1 is 1.75 bits per heavy atom. The minimum Gasteiger partial charge on any atom is -0.337 e. The van der Waals surface area contributed by atoms with E-state index in [9.17, 15) is 4.79 Å². The minimum absolute atomic E-state index is 0.313. The molecule has 66 valence electrons. The maximum atomic E-state index is 10.9. The van der Waals surface area contributed by atoms with Crippen molar-refractivity contribution in [3.05, 3.63) is 5.51 Å². The highest BCUT2D eigenvalue weighted by molar-refractivity contribution is 7.13. The number of halogens is 1. The van der Waals surface area contributed by atoms with Crippen molar-refractivity contribution in [3.63, 3.8) is 0 Å². The molecular weight excluding hydrogens is 200 g/mol. The normalized spacial score (nSPS) is 9.42. The summed E-state index contributed by atoms with van der Waals surface area (Å²) in [6, 6.07) is -0.313. The first-order valence-corrected chi connectivity index (χ1v) is 4.61. The smallest absolute Gasteiger partial charge is 0.321 e. The van der Waals surface area contributed by atoms with Crippen LogP contribution in [-0.2, 0) is 0 Å². The number of nitrogens with zero attached hydrogens (tertiary/aromatic N) is 2. The lowest BCUT2D eigenvalue weighted by molar-refractivity contribution is 0.252. The largest absolute Gasteiger partial charge is 0.337 e. The molecule has 0 aliphatic carbocycles. The van der Waals surface area contributed by atoms with Gasteiger partial charge in [0.1, 0.15) is 5.51 Å².